The fraction of sp³-hybridized carbons (Fsp3) is 0.857. The molecule has 0 spiro atoms. The standard InChI is InChI=1S/C7H12Cl2N2/c8-3-1-7(5-10,6-11)2-4-9/h1-5,10H2. The summed E-state index contributed by atoms with van der Waals surface area (Å²) in [6, 6.07) is 2.17. The minimum Gasteiger partial charge on any atom is -0.329 e. The predicted molar refractivity (Wildman–Crippen MR) is 47.8 cm³/mol. The largest absolute Gasteiger partial charge is 0.329 e. The number of nitriles is 1. The lowest BCUT2D eigenvalue weighted by molar-refractivity contribution is 0.383. The molecule has 0 aliphatic carbocycles. The lowest BCUT2D eigenvalue weighted by atomic mass is 9.84. The van der Waals surface area contributed by atoms with Crippen molar-refractivity contribution in [3.63, 3.8) is 0 Å². The molecule has 0 saturated heterocycles. The van der Waals surface area contributed by atoms with E-state index in [2.05, 4.69) is 6.07 Å². The fourth-order valence-corrected chi connectivity index (χ4v) is 1.57. The Morgan fingerprint density at radius 2 is 1.73 bits per heavy atom. The maximum absolute atomic E-state index is 8.79. The Hall–Kier alpha value is 0.0300. The fourth-order valence-electron chi connectivity index (χ4n) is 0.848. The third-order valence-electron chi connectivity index (χ3n) is 1.77. The molecule has 0 aromatic heterocycles. The normalized spacial score (nSPS) is 11.1. The second-order valence-corrected chi connectivity index (χ2v) is 3.23. The van der Waals surface area contributed by atoms with Gasteiger partial charge in [0.15, 0.2) is 0 Å². The molecule has 0 fully saturated rings. The Morgan fingerprint density at radius 3 is 1.91 bits per heavy atom. The van der Waals surface area contributed by atoms with Gasteiger partial charge in [-0.15, -0.1) is 23.2 Å². The van der Waals surface area contributed by atoms with Crippen LogP contribution in [0.2, 0.25) is 0 Å². The van der Waals surface area contributed by atoms with Gasteiger partial charge in [0.1, 0.15) is 0 Å². The molecular weight excluding hydrogens is 183 g/mol. The van der Waals surface area contributed by atoms with E-state index in [0.717, 1.165) is 0 Å². The van der Waals surface area contributed by atoms with E-state index in [9.17, 15) is 0 Å². The van der Waals surface area contributed by atoms with Crippen molar-refractivity contribution in [3.05, 3.63) is 0 Å². The summed E-state index contributed by atoms with van der Waals surface area (Å²) in [5.74, 6) is 0.920. The van der Waals surface area contributed by atoms with Gasteiger partial charge in [-0.1, -0.05) is 0 Å². The van der Waals surface area contributed by atoms with E-state index in [-0.39, 0.29) is 0 Å². The Balaban J connectivity index is 4.11. The highest BCUT2D eigenvalue weighted by atomic mass is 35.5. The maximum Gasteiger partial charge on any atom is 0.0718 e. The van der Waals surface area contributed by atoms with Gasteiger partial charge in [0.25, 0.3) is 0 Å². The summed E-state index contributed by atoms with van der Waals surface area (Å²) in [6.07, 6.45) is 1.24. The summed E-state index contributed by atoms with van der Waals surface area (Å²) in [7, 11) is 0. The van der Waals surface area contributed by atoms with Gasteiger partial charge in [0.2, 0.25) is 0 Å². The third kappa shape index (κ3) is 3.29. The molecule has 11 heavy (non-hydrogen) atoms. The van der Waals surface area contributed by atoms with Crippen LogP contribution in [0.25, 0.3) is 0 Å². The third-order valence-corrected chi connectivity index (χ3v) is 2.15. The first-order valence-electron chi connectivity index (χ1n) is 3.48. The molecule has 0 unspecified atom stereocenters. The van der Waals surface area contributed by atoms with Gasteiger partial charge in [-0.25, -0.2) is 0 Å². The van der Waals surface area contributed by atoms with Crippen molar-refractivity contribution in [2.24, 2.45) is 11.1 Å². The summed E-state index contributed by atoms with van der Waals surface area (Å²) >= 11 is 11.1. The molecule has 0 atom stereocenters. The van der Waals surface area contributed by atoms with E-state index < -0.39 is 5.41 Å². The van der Waals surface area contributed by atoms with Crippen LogP contribution >= 0.6 is 23.2 Å². The van der Waals surface area contributed by atoms with E-state index >= 15 is 0 Å². The second-order valence-electron chi connectivity index (χ2n) is 2.47. The molecule has 0 aromatic carbocycles. The first-order valence-corrected chi connectivity index (χ1v) is 4.55. The molecule has 0 saturated carbocycles. The van der Waals surface area contributed by atoms with Gasteiger partial charge in [0.05, 0.1) is 11.5 Å². The van der Waals surface area contributed by atoms with Gasteiger partial charge in [-0.05, 0) is 12.8 Å². The Labute approximate surface area is 77.3 Å². The van der Waals surface area contributed by atoms with Crippen molar-refractivity contribution < 1.29 is 0 Å². The van der Waals surface area contributed by atoms with Gasteiger partial charge in [-0.2, -0.15) is 5.26 Å². The van der Waals surface area contributed by atoms with Crippen molar-refractivity contribution in [2.45, 2.75) is 12.8 Å². The molecule has 4 heteroatoms. The highest BCUT2D eigenvalue weighted by Gasteiger charge is 2.26. The van der Waals surface area contributed by atoms with Crippen molar-refractivity contribution in [2.75, 3.05) is 18.3 Å². The van der Waals surface area contributed by atoms with Crippen LogP contribution in [0.1, 0.15) is 12.8 Å². The van der Waals surface area contributed by atoms with Crippen LogP contribution in [0.3, 0.4) is 0 Å². The van der Waals surface area contributed by atoms with Gasteiger partial charge in [0, 0.05) is 18.3 Å². The summed E-state index contributed by atoms with van der Waals surface area (Å²) in [5, 5.41) is 8.79. The first kappa shape index (κ1) is 11.0. The number of hydrogen-bond donors (Lipinski definition) is 1. The molecule has 0 aromatic rings. The highest BCUT2D eigenvalue weighted by molar-refractivity contribution is 6.18. The lowest BCUT2D eigenvalue weighted by Crippen LogP contribution is -2.30. The number of nitrogens with zero attached hydrogens (tertiary/aromatic N) is 1. The van der Waals surface area contributed by atoms with Crippen molar-refractivity contribution in [1.29, 1.82) is 5.26 Å². The molecule has 0 bridgehead atoms. The number of halogens is 2. The van der Waals surface area contributed by atoms with E-state index in [1.807, 2.05) is 0 Å². The average molecular weight is 195 g/mol. The van der Waals surface area contributed by atoms with Gasteiger partial charge in [-0.3, -0.25) is 0 Å². The molecule has 0 aliphatic rings. The monoisotopic (exact) mass is 194 g/mol. The number of nitrogens with two attached hydrogens (primary N) is 1. The zero-order chi connectivity index (χ0) is 8.74. The molecule has 0 heterocycles. The van der Waals surface area contributed by atoms with Crippen LogP contribution < -0.4 is 5.73 Å². The zero-order valence-electron chi connectivity index (χ0n) is 6.32. The lowest BCUT2D eigenvalue weighted by Gasteiger charge is -2.21. The first-order chi connectivity index (χ1) is 5.24. The Kier molecular flexibility index (Phi) is 5.67. The molecule has 0 radical (unpaired) electrons. The SMILES string of the molecule is N#CC(CN)(CCCl)CCCl. The summed E-state index contributed by atoms with van der Waals surface area (Å²) in [6.45, 7) is 0.336. The quantitative estimate of drug-likeness (QED) is 0.679. The summed E-state index contributed by atoms with van der Waals surface area (Å²) in [4.78, 5) is 0. The second kappa shape index (κ2) is 5.65. The number of alkyl halides is 2. The van der Waals surface area contributed by atoms with Crippen molar-refractivity contribution in [3.8, 4) is 6.07 Å². The molecule has 64 valence electrons. The number of rotatable bonds is 5. The minimum absolute atomic E-state index is 0.336. The minimum atomic E-state index is -0.497. The molecule has 0 rings (SSSR count). The molecule has 2 N–H and O–H groups in total. The van der Waals surface area contributed by atoms with Crippen LogP contribution in [0.4, 0.5) is 0 Å². The molecule has 2 nitrogen and oxygen atoms in total. The predicted octanol–water partition coefficient (Wildman–Crippen LogP) is 1.71. The van der Waals surface area contributed by atoms with E-state index in [0.29, 0.717) is 31.1 Å². The summed E-state index contributed by atoms with van der Waals surface area (Å²) in [5.41, 5.74) is 4.95. The topological polar surface area (TPSA) is 49.8 Å². The van der Waals surface area contributed by atoms with Crippen LogP contribution in [0.5, 0.6) is 0 Å². The zero-order valence-corrected chi connectivity index (χ0v) is 7.83. The van der Waals surface area contributed by atoms with E-state index in [1.165, 1.54) is 0 Å². The van der Waals surface area contributed by atoms with Crippen molar-refractivity contribution in [1.82, 2.24) is 0 Å². The Bertz CT molecular complexity index is 136. The van der Waals surface area contributed by atoms with Crippen LogP contribution in [0, 0.1) is 16.7 Å². The highest BCUT2D eigenvalue weighted by Crippen LogP contribution is 2.25. The summed E-state index contributed by atoms with van der Waals surface area (Å²) < 4.78 is 0. The van der Waals surface area contributed by atoms with E-state index in [4.69, 9.17) is 34.2 Å². The van der Waals surface area contributed by atoms with Gasteiger partial charge < -0.3 is 5.73 Å². The maximum atomic E-state index is 8.79. The molecule has 0 aliphatic heterocycles. The van der Waals surface area contributed by atoms with E-state index in [1.54, 1.807) is 0 Å². The Morgan fingerprint density at radius 1 is 1.27 bits per heavy atom. The van der Waals surface area contributed by atoms with Gasteiger partial charge >= 0.3 is 0 Å². The van der Waals surface area contributed by atoms with Crippen LogP contribution in [-0.2, 0) is 0 Å². The average Bonchev–Trinajstić information content (AvgIpc) is 2.04. The van der Waals surface area contributed by atoms with Crippen molar-refractivity contribution >= 4 is 23.2 Å². The number of hydrogen-bond acceptors (Lipinski definition) is 2. The smallest absolute Gasteiger partial charge is 0.0718 e. The molecule has 0 amide bonds. The van der Waals surface area contributed by atoms with Crippen LogP contribution in [-0.4, -0.2) is 18.3 Å². The van der Waals surface area contributed by atoms with Crippen LogP contribution in [0.15, 0.2) is 0 Å². The molecular formula is C7H12Cl2N2.